The van der Waals surface area contributed by atoms with Crippen molar-refractivity contribution in [2.75, 3.05) is 16.8 Å². The highest BCUT2D eigenvalue weighted by Gasteiger charge is 2.62. The number of aryl methyl sites for hydroxylation is 1. The van der Waals surface area contributed by atoms with Crippen molar-refractivity contribution < 1.29 is 38.6 Å². The van der Waals surface area contributed by atoms with Gasteiger partial charge in [-0.25, -0.2) is 9.18 Å². The Labute approximate surface area is 252 Å². The molecule has 0 radical (unpaired) electrons. The Morgan fingerprint density at radius 3 is 2.41 bits per heavy atom. The summed E-state index contributed by atoms with van der Waals surface area (Å²) in [4.78, 5) is 68.1. The van der Waals surface area contributed by atoms with Crippen LogP contribution in [0.5, 0.6) is 0 Å². The van der Waals surface area contributed by atoms with Crippen molar-refractivity contribution in [1.29, 1.82) is 0 Å². The lowest BCUT2D eigenvalue weighted by Crippen LogP contribution is -2.68. The number of rotatable bonds is 7. The van der Waals surface area contributed by atoms with E-state index in [1.165, 1.54) is 35.2 Å². The van der Waals surface area contributed by atoms with Gasteiger partial charge in [0.15, 0.2) is 5.66 Å². The summed E-state index contributed by atoms with van der Waals surface area (Å²) in [5.74, 6) is -6.15. The SMILES string of the molecule is CC(=O)N1C(c2ccccc2F)C(C(=O)O)CC1(NC(=O)Nc1cccc(CC(=O)O)c1)C(=O)N1CCCc2ccccc21. The van der Waals surface area contributed by atoms with Crippen molar-refractivity contribution in [2.45, 2.75) is 44.3 Å². The van der Waals surface area contributed by atoms with Gasteiger partial charge in [-0.2, -0.15) is 0 Å². The van der Waals surface area contributed by atoms with E-state index in [2.05, 4.69) is 10.6 Å². The maximum atomic E-state index is 15.2. The molecule has 3 aromatic rings. The zero-order chi connectivity index (χ0) is 31.6. The molecule has 2 aliphatic rings. The molecule has 44 heavy (non-hydrogen) atoms. The Balaban J connectivity index is 1.62. The van der Waals surface area contributed by atoms with E-state index in [0.29, 0.717) is 24.1 Å². The van der Waals surface area contributed by atoms with Crippen LogP contribution in [0.2, 0.25) is 0 Å². The van der Waals surface area contributed by atoms with Crippen LogP contribution in [0.15, 0.2) is 72.8 Å². The van der Waals surface area contributed by atoms with Gasteiger partial charge in [0.1, 0.15) is 5.82 Å². The highest BCUT2D eigenvalue weighted by atomic mass is 19.1. The minimum atomic E-state index is -2.23. The molecule has 3 aromatic carbocycles. The third-order valence-corrected chi connectivity index (χ3v) is 8.04. The lowest BCUT2D eigenvalue weighted by Gasteiger charge is -2.43. The van der Waals surface area contributed by atoms with Gasteiger partial charge in [0.2, 0.25) is 5.91 Å². The summed E-state index contributed by atoms with van der Waals surface area (Å²) in [6, 6.07) is 16.3. The van der Waals surface area contributed by atoms with Gasteiger partial charge >= 0.3 is 18.0 Å². The fourth-order valence-corrected chi connectivity index (χ4v) is 6.31. The number of nitrogens with zero attached hydrogens (tertiary/aromatic N) is 2. The van der Waals surface area contributed by atoms with Gasteiger partial charge in [-0.05, 0) is 48.2 Å². The molecule has 3 unspecified atom stereocenters. The van der Waals surface area contributed by atoms with E-state index in [9.17, 15) is 29.1 Å². The molecule has 228 valence electrons. The van der Waals surface area contributed by atoms with Crippen molar-refractivity contribution in [1.82, 2.24) is 10.2 Å². The lowest BCUT2D eigenvalue weighted by atomic mass is 9.91. The Bertz CT molecular complexity index is 1650. The minimum Gasteiger partial charge on any atom is -0.481 e. The van der Waals surface area contributed by atoms with E-state index < -0.39 is 59.6 Å². The molecule has 1 saturated heterocycles. The molecule has 0 aliphatic carbocycles. The number of carboxylic acids is 2. The average molecular weight is 603 g/mol. The molecule has 5 rings (SSSR count). The van der Waals surface area contributed by atoms with E-state index in [0.717, 1.165) is 23.5 Å². The molecular formula is C32H31FN4O7. The van der Waals surface area contributed by atoms with Crippen LogP contribution in [0.1, 0.15) is 42.5 Å². The predicted molar refractivity (Wildman–Crippen MR) is 157 cm³/mol. The molecule has 0 spiro atoms. The number of carbonyl (C=O) groups excluding carboxylic acids is 3. The topological polar surface area (TPSA) is 156 Å². The number of likely N-dealkylation sites (tertiary alicyclic amines) is 1. The second-order valence-corrected chi connectivity index (χ2v) is 10.9. The van der Waals surface area contributed by atoms with Crippen LogP contribution < -0.4 is 15.5 Å². The normalized spacial score (nSPS) is 20.9. The third-order valence-electron chi connectivity index (χ3n) is 8.04. The largest absolute Gasteiger partial charge is 0.481 e. The van der Waals surface area contributed by atoms with Gasteiger partial charge in [-0.15, -0.1) is 0 Å². The van der Waals surface area contributed by atoms with Crippen molar-refractivity contribution in [3.8, 4) is 0 Å². The first-order valence-corrected chi connectivity index (χ1v) is 14.1. The molecular weight excluding hydrogens is 571 g/mol. The molecule has 12 heteroatoms. The van der Waals surface area contributed by atoms with E-state index >= 15 is 4.39 Å². The van der Waals surface area contributed by atoms with E-state index in [-0.39, 0.29) is 24.2 Å². The number of para-hydroxylation sites is 1. The maximum Gasteiger partial charge on any atom is 0.321 e. The number of anilines is 2. The van der Waals surface area contributed by atoms with E-state index in [4.69, 9.17) is 5.11 Å². The number of nitrogens with one attached hydrogen (secondary N) is 2. The molecule has 1 fully saturated rings. The van der Waals surface area contributed by atoms with Crippen molar-refractivity contribution in [3.05, 3.63) is 95.3 Å². The summed E-state index contributed by atoms with van der Waals surface area (Å²) in [7, 11) is 0. The number of urea groups is 1. The van der Waals surface area contributed by atoms with Crippen molar-refractivity contribution >= 4 is 41.2 Å². The number of carboxylic acid groups (broad SMARTS) is 2. The van der Waals surface area contributed by atoms with Crippen LogP contribution in [-0.2, 0) is 32.0 Å². The fraction of sp³-hybridized carbons (Fsp3) is 0.281. The number of hydrogen-bond acceptors (Lipinski definition) is 5. The fourth-order valence-electron chi connectivity index (χ4n) is 6.31. The van der Waals surface area contributed by atoms with E-state index in [1.54, 1.807) is 24.3 Å². The van der Waals surface area contributed by atoms with Crippen LogP contribution in [0.25, 0.3) is 0 Å². The van der Waals surface area contributed by atoms with Crippen LogP contribution in [0, 0.1) is 11.7 Å². The average Bonchev–Trinajstić information content (AvgIpc) is 3.32. The smallest absolute Gasteiger partial charge is 0.321 e. The van der Waals surface area contributed by atoms with Gasteiger partial charge in [-0.1, -0.05) is 48.5 Å². The molecule has 2 aliphatic heterocycles. The Morgan fingerprint density at radius 2 is 1.70 bits per heavy atom. The number of amides is 4. The quantitative estimate of drug-likeness (QED) is 0.319. The monoisotopic (exact) mass is 602 g/mol. The second-order valence-electron chi connectivity index (χ2n) is 10.9. The van der Waals surface area contributed by atoms with Gasteiger partial charge in [0, 0.05) is 36.8 Å². The van der Waals surface area contributed by atoms with Crippen LogP contribution in [0.3, 0.4) is 0 Å². The maximum absolute atomic E-state index is 15.2. The minimum absolute atomic E-state index is 0.104. The van der Waals surface area contributed by atoms with Crippen molar-refractivity contribution in [2.24, 2.45) is 5.92 Å². The van der Waals surface area contributed by atoms with Gasteiger partial charge in [-0.3, -0.25) is 19.2 Å². The van der Waals surface area contributed by atoms with Gasteiger partial charge in [0.25, 0.3) is 5.91 Å². The molecule has 4 N–H and O–H groups in total. The molecule has 3 atom stereocenters. The Morgan fingerprint density at radius 1 is 0.977 bits per heavy atom. The highest BCUT2D eigenvalue weighted by molar-refractivity contribution is 6.06. The Kier molecular flexibility index (Phi) is 8.34. The standard InChI is InChI=1S/C32H31FN4O7/c1-19(38)37-28(23-12-3-4-13-25(23)33)24(29(41)42)18-32(37,30(43)36-15-7-10-21-9-2-5-14-26(21)36)35-31(44)34-22-11-6-8-20(16-22)17-27(39)40/h2-6,8-9,11-14,16,24,28H,7,10,15,17-18H2,1H3,(H,39,40)(H,41,42)(H2,34,35,44). The summed E-state index contributed by atoms with van der Waals surface area (Å²) in [6.07, 6.45) is 0.446. The number of hydrogen-bond donors (Lipinski definition) is 4. The van der Waals surface area contributed by atoms with Crippen molar-refractivity contribution in [3.63, 3.8) is 0 Å². The number of benzene rings is 3. The molecule has 4 amide bonds. The second kappa shape index (κ2) is 12.2. The molecule has 0 bridgehead atoms. The van der Waals surface area contributed by atoms with Crippen LogP contribution in [-0.4, -0.2) is 57.1 Å². The van der Waals surface area contributed by atoms with Gasteiger partial charge < -0.3 is 30.6 Å². The summed E-state index contributed by atoms with van der Waals surface area (Å²) in [5, 5.41) is 24.7. The Hall–Kier alpha value is -5.26. The molecule has 11 nitrogen and oxygen atoms in total. The number of halogens is 1. The highest BCUT2D eigenvalue weighted by Crippen LogP contribution is 2.48. The number of fused-ring (bicyclic) bond motifs is 1. The van der Waals surface area contributed by atoms with Crippen LogP contribution in [0.4, 0.5) is 20.6 Å². The molecule has 2 heterocycles. The van der Waals surface area contributed by atoms with E-state index in [1.807, 2.05) is 12.1 Å². The predicted octanol–water partition coefficient (Wildman–Crippen LogP) is 3.94. The first kappa shape index (κ1) is 30.2. The lowest BCUT2D eigenvalue weighted by molar-refractivity contribution is -0.147. The third kappa shape index (κ3) is 5.70. The number of carbonyl (C=O) groups is 5. The van der Waals surface area contributed by atoms with Crippen LogP contribution >= 0.6 is 0 Å². The first-order chi connectivity index (χ1) is 21.0. The zero-order valence-corrected chi connectivity index (χ0v) is 23.8. The molecule has 0 saturated carbocycles. The summed E-state index contributed by atoms with van der Waals surface area (Å²) in [6.45, 7) is 1.38. The zero-order valence-electron chi connectivity index (χ0n) is 23.8. The summed E-state index contributed by atoms with van der Waals surface area (Å²) in [5.41, 5.74) is -0.281. The molecule has 0 aromatic heterocycles. The van der Waals surface area contributed by atoms with Gasteiger partial charge in [0.05, 0.1) is 18.4 Å². The summed E-state index contributed by atoms with van der Waals surface area (Å²) >= 11 is 0. The summed E-state index contributed by atoms with van der Waals surface area (Å²) < 4.78 is 15.2. The number of aliphatic carboxylic acids is 2. The first-order valence-electron chi connectivity index (χ1n) is 14.1.